The van der Waals surface area contributed by atoms with Crippen LogP contribution in [0.1, 0.15) is 23.1 Å². The Morgan fingerprint density at radius 2 is 1.42 bits per heavy atom. The van der Waals surface area contributed by atoms with E-state index in [1.165, 1.54) is 12.1 Å². The van der Waals surface area contributed by atoms with Gasteiger partial charge in [-0.15, -0.1) is 0 Å². The van der Waals surface area contributed by atoms with Gasteiger partial charge in [-0.3, -0.25) is 0 Å². The molecular formula is C18H9F5O. The van der Waals surface area contributed by atoms with E-state index < -0.39 is 40.3 Å². The van der Waals surface area contributed by atoms with Crippen LogP contribution in [0.15, 0.2) is 42.0 Å². The standard InChI is InChI=1S/C18H9F5O/c19-13-12(14(20)16(22)17(23)15(13)21)18(24)10-6-2-1-4-8(10)9-5-3-7-11(9)18/h1-6,24H,7H2/t18-/m0/s1. The topological polar surface area (TPSA) is 20.2 Å². The summed E-state index contributed by atoms with van der Waals surface area (Å²) < 4.78 is 69.3. The average Bonchev–Trinajstić information content (AvgIpc) is 3.15. The highest BCUT2D eigenvalue weighted by atomic mass is 19.2. The number of fused-ring (bicyclic) bond motifs is 2. The third-order valence-electron chi connectivity index (χ3n) is 4.55. The summed E-state index contributed by atoms with van der Waals surface area (Å²) in [6.45, 7) is 0. The molecule has 1 N–H and O–H groups in total. The predicted octanol–water partition coefficient (Wildman–Crippen LogP) is 4.35. The number of rotatable bonds is 1. The fourth-order valence-electron chi connectivity index (χ4n) is 3.50. The lowest BCUT2D eigenvalue weighted by molar-refractivity contribution is 0.110. The first kappa shape index (κ1) is 15.1. The summed E-state index contributed by atoms with van der Waals surface area (Å²) in [4.78, 5) is 0. The first-order valence-corrected chi connectivity index (χ1v) is 7.13. The van der Waals surface area contributed by atoms with Crippen molar-refractivity contribution in [2.24, 2.45) is 0 Å². The van der Waals surface area contributed by atoms with E-state index in [0.29, 0.717) is 11.1 Å². The molecule has 2 aliphatic carbocycles. The van der Waals surface area contributed by atoms with Crippen molar-refractivity contribution in [3.8, 4) is 0 Å². The van der Waals surface area contributed by atoms with Crippen LogP contribution in [0.3, 0.4) is 0 Å². The van der Waals surface area contributed by atoms with E-state index in [4.69, 9.17) is 0 Å². The van der Waals surface area contributed by atoms with E-state index in [0.717, 1.165) is 0 Å². The van der Waals surface area contributed by atoms with Gasteiger partial charge in [0.25, 0.3) is 0 Å². The van der Waals surface area contributed by atoms with Crippen molar-refractivity contribution in [2.75, 3.05) is 0 Å². The SMILES string of the molecule is O[C@]1(c2c(F)c(F)c(F)c(F)c2F)C2=C(C=CC2)c2ccccc21. The van der Waals surface area contributed by atoms with Gasteiger partial charge in [0.1, 0.15) is 5.60 Å². The lowest BCUT2D eigenvalue weighted by Gasteiger charge is -2.29. The van der Waals surface area contributed by atoms with Crippen LogP contribution >= 0.6 is 0 Å². The summed E-state index contributed by atoms with van der Waals surface area (Å²) in [5.74, 6) is -10.4. The molecule has 1 atom stereocenters. The van der Waals surface area contributed by atoms with Crippen LogP contribution in [-0.4, -0.2) is 5.11 Å². The van der Waals surface area contributed by atoms with E-state index >= 15 is 0 Å². The minimum Gasteiger partial charge on any atom is -0.376 e. The van der Waals surface area contributed by atoms with Gasteiger partial charge in [0.15, 0.2) is 23.3 Å². The number of halogens is 5. The van der Waals surface area contributed by atoms with Crippen LogP contribution < -0.4 is 0 Å². The largest absolute Gasteiger partial charge is 0.376 e. The van der Waals surface area contributed by atoms with Gasteiger partial charge in [-0.25, -0.2) is 22.0 Å². The summed E-state index contributed by atoms with van der Waals surface area (Å²) in [7, 11) is 0. The van der Waals surface area contributed by atoms with E-state index in [9.17, 15) is 27.1 Å². The van der Waals surface area contributed by atoms with Gasteiger partial charge in [0, 0.05) is 5.56 Å². The summed E-state index contributed by atoms with van der Waals surface area (Å²) in [5.41, 5.74) is -2.29. The Labute approximate surface area is 133 Å². The summed E-state index contributed by atoms with van der Waals surface area (Å²) in [6.07, 6.45) is 3.48. The molecule has 2 aromatic rings. The van der Waals surface area contributed by atoms with Gasteiger partial charge < -0.3 is 5.11 Å². The molecule has 0 amide bonds. The lowest BCUT2D eigenvalue weighted by Crippen LogP contribution is -2.31. The molecule has 0 fully saturated rings. The van der Waals surface area contributed by atoms with Crippen molar-refractivity contribution >= 4 is 5.57 Å². The van der Waals surface area contributed by atoms with Gasteiger partial charge in [0.05, 0.1) is 5.56 Å². The Balaban J connectivity index is 2.12. The number of aliphatic hydroxyl groups is 1. The van der Waals surface area contributed by atoms with Crippen LogP contribution in [0.2, 0.25) is 0 Å². The zero-order valence-corrected chi connectivity index (χ0v) is 12.0. The molecule has 0 saturated carbocycles. The van der Waals surface area contributed by atoms with Crippen molar-refractivity contribution in [1.29, 1.82) is 0 Å². The highest BCUT2D eigenvalue weighted by Gasteiger charge is 2.50. The van der Waals surface area contributed by atoms with Crippen LogP contribution in [0, 0.1) is 29.1 Å². The summed E-state index contributed by atoms with van der Waals surface area (Å²) in [5, 5.41) is 11.2. The van der Waals surface area contributed by atoms with Gasteiger partial charge in [0.2, 0.25) is 5.82 Å². The fourth-order valence-corrected chi connectivity index (χ4v) is 3.50. The minimum atomic E-state index is -2.40. The molecule has 2 aromatic carbocycles. The van der Waals surface area contributed by atoms with Crippen molar-refractivity contribution < 1.29 is 27.1 Å². The lowest BCUT2D eigenvalue weighted by atomic mass is 9.81. The second-order valence-corrected chi connectivity index (χ2v) is 5.70. The Kier molecular flexibility index (Phi) is 3.00. The molecule has 0 aromatic heterocycles. The third kappa shape index (κ3) is 1.61. The molecule has 24 heavy (non-hydrogen) atoms. The Bertz CT molecular complexity index is 931. The second-order valence-electron chi connectivity index (χ2n) is 5.70. The van der Waals surface area contributed by atoms with Gasteiger partial charge >= 0.3 is 0 Å². The molecule has 1 nitrogen and oxygen atoms in total. The van der Waals surface area contributed by atoms with Crippen LogP contribution in [0.25, 0.3) is 5.57 Å². The van der Waals surface area contributed by atoms with Crippen molar-refractivity contribution in [1.82, 2.24) is 0 Å². The third-order valence-corrected chi connectivity index (χ3v) is 4.55. The maximum atomic E-state index is 14.3. The molecule has 2 aliphatic rings. The van der Waals surface area contributed by atoms with Gasteiger partial charge in [-0.1, -0.05) is 36.4 Å². The Morgan fingerprint density at radius 1 is 0.833 bits per heavy atom. The van der Waals surface area contributed by atoms with Crippen molar-refractivity contribution in [3.63, 3.8) is 0 Å². The number of hydrogen-bond donors (Lipinski definition) is 1. The number of allylic oxidation sites excluding steroid dienone is 3. The molecule has 0 saturated heterocycles. The van der Waals surface area contributed by atoms with Crippen LogP contribution in [0.4, 0.5) is 22.0 Å². The van der Waals surface area contributed by atoms with Gasteiger partial charge in [-0.2, -0.15) is 0 Å². The van der Waals surface area contributed by atoms with E-state index in [-0.39, 0.29) is 17.6 Å². The Hall–Kier alpha value is -2.47. The second kappa shape index (κ2) is 4.77. The molecule has 0 bridgehead atoms. The predicted molar refractivity (Wildman–Crippen MR) is 76.3 cm³/mol. The Morgan fingerprint density at radius 3 is 2.08 bits per heavy atom. The first-order valence-electron chi connectivity index (χ1n) is 7.13. The fraction of sp³-hybridized carbons (Fsp3) is 0.111. The minimum absolute atomic E-state index is 0.0996. The maximum absolute atomic E-state index is 14.3. The molecular weight excluding hydrogens is 327 g/mol. The highest BCUT2D eigenvalue weighted by molar-refractivity contribution is 5.89. The first-order chi connectivity index (χ1) is 11.4. The number of hydrogen-bond acceptors (Lipinski definition) is 1. The van der Waals surface area contributed by atoms with E-state index in [2.05, 4.69) is 0 Å². The summed E-state index contributed by atoms with van der Waals surface area (Å²) >= 11 is 0. The molecule has 0 unspecified atom stereocenters. The van der Waals surface area contributed by atoms with E-state index in [1.807, 2.05) is 0 Å². The normalized spacial score (nSPS) is 21.4. The zero-order chi connectivity index (χ0) is 17.2. The average molecular weight is 336 g/mol. The number of benzene rings is 2. The molecule has 0 aliphatic heterocycles. The smallest absolute Gasteiger partial charge is 0.200 e. The highest BCUT2D eigenvalue weighted by Crippen LogP contribution is 2.54. The van der Waals surface area contributed by atoms with Crippen molar-refractivity contribution in [3.05, 3.63) is 87.8 Å². The molecule has 0 radical (unpaired) electrons. The maximum Gasteiger partial charge on any atom is 0.200 e. The molecule has 0 spiro atoms. The van der Waals surface area contributed by atoms with Crippen LogP contribution in [0.5, 0.6) is 0 Å². The molecule has 122 valence electrons. The van der Waals surface area contributed by atoms with Crippen molar-refractivity contribution in [2.45, 2.75) is 12.0 Å². The molecule has 6 heteroatoms. The quantitative estimate of drug-likeness (QED) is 0.466. The zero-order valence-electron chi connectivity index (χ0n) is 12.0. The molecule has 0 heterocycles. The van der Waals surface area contributed by atoms with Crippen LogP contribution in [-0.2, 0) is 5.60 Å². The summed E-state index contributed by atoms with van der Waals surface area (Å²) in [6, 6.07) is 6.24. The van der Waals surface area contributed by atoms with E-state index in [1.54, 1.807) is 24.3 Å². The van der Waals surface area contributed by atoms with Gasteiger partial charge in [-0.05, 0) is 23.1 Å². The molecule has 4 rings (SSSR count). The monoisotopic (exact) mass is 336 g/mol.